The summed E-state index contributed by atoms with van der Waals surface area (Å²) in [6, 6.07) is 0. The molecule has 0 aliphatic rings. The van der Waals surface area contributed by atoms with Crippen LogP contribution < -0.4 is 10.6 Å². The second kappa shape index (κ2) is 32.7. The third-order valence-electron chi connectivity index (χ3n) is 6.85. The Labute approximate surface area is 310 Å². The van der Waals surface area contributed by atoms with Gasteiger partial charge in [0.05, 0.1) is 19.5 Å². The van der Waals surface area contributed by atoms with E-state index in [1.54, 1.807) is 0 Å². The number of ether oxygens (including phenoxy) is 2. The first-order valence-electron chi connectivity index (χ1n) is 15.9. The van der Waals surface area contributed by atoms with Crippen LogP contribution in [-0.2, 0) is 38.8 Å². The first-order valence-corrected chi connectivity index (χ1v) is 17.4. The van der Waals surface area contributed by atoms with Crippen LogP contribution >= 0.6 is 0 Å². The molecule has 0 saturated heterocycles. The summed E-state index contributed by atoms with van der Waals surface area (Å²) >= 11 is 0. The molecule has 11 nitrogen and oxygen atoms in total. The first kappa shape index (κ1) is 48.2. The number of carbonyl (C=O) groups is 4. The van der Waals surface area contributed by atoms with Crippen LogP contribution in [0.3, 0.4) is 0 Å². The van der Waals surface area contributed by atoms with Crippen LogP contribution in [0.1, 0.15) is 136 Å². The molecule has 250 valence electrons. The third-order valence-corrected chi connectivity index (χ3v) is 7.92. The molecule has 1 atom stereocenters. The Bertz CT molecular complexity index is 861. The van der Waals surface area contributed by atoms with Crippen molar-refractivity contribution in [2.75, 3.05) is 26.3 Å². The number of nitrogens with one attached hydrogen (secondary N) is 2. The van der Waals surface area contributed by atoms with Crippen LogP contribution in [0.25, 0.3) is 0 Å². The van der Waals surface area contributed by atoms with E-state index in [4.69, 9.17) is 9.47 Å². The van der Waals surface area contributed by atoms with Crippen molar-refractivity contribution in [2.24, 2.45) is 0 Å². The summed E-state index contributed by atoms with van der Waals surface area (Å²) < 4.78 is 42.4. The second-order valence-corrected chi connectivity index (χ2v) is 12.3. The minimum absolute atomic E-state index is 0. The van der Waals surface area contributed by atoms with Gasteiger partial charge in [0.15, 0.2) is 5.25 Å². The molecule has 0 aliphatic heterocycles. The SMILES string of the molecule is CCCCCCCCCCC(=O)NCCOC(=O)CC(C(=O)OCCNC(=O)CCCCCCCCCC)S(=O)(=O)O.[NaH].[NaH]. The maximum atomic E-state index is 12.2. The van der Waals surface area contributed by atoms with E-state index in [0.717, 1.165) is 44.9 Å². The number of rotatable bonds is 28. The fourth-order valence-electron chi connectivity index (χ4n) is 4.33. The molecule has 0 spiro atoms. The molecule has 2 amide bonds. The number of hydrogen-bond acceptors (Lipinski definition) is 8. The van der Waals surface area contributed by atoms with Gasteiger partial charge in [-0.1, -0.05) is 104 Å². The summed E-state index contributed by atoms with van der Waals surface area (Å²) in [4.78, 5) is 48.1. The first-order chi connectivity index (χ1) is 20.1. The zero-order chi connectivity index (χ0) is 31.5. The molecule has 0 aromatic heterocycles. The van der Waals surface area contributed by atoms with Gasteiger partial charge in [-0.2, -0.15) is 8.42 Å². The summed E-state index contributed by atoms with van der Waals surface area (Å²) in [5.41, 5.74) is 0. The molecule has 0 aromatic carbocycles. The van der Waals surface area contributed by atoms with Gasteiger partial charge < -0.3 is 20.1 Å². The standard InChI is InChI=1S/C30H56N2O9S.2Na.2H/c1-3-5-7-9-11-13-15-17-19-27(33)31-21-23-40-29(35)25-26(42(37,38)39)30(36)41-24-22-32-28(34)20-18-16-14-12-10-8-6-4-2;;;;/h26H,3-25H2,1-2H3,(H,31,33)(H,32,34)(H,37,38,39);;;;. The fraction of sp³-hybridized carbons (Fsp3) is 0.867. The van der Waals surface area contributed by atoms with Gasteiger partial charge >= 0.3 is 71.1 Å². The van der Waals surface area contributed by atoms with Crippen LogP contribution in [0.15, 0.2) is 0 Å². The predicted octanol–water partition coefficient (Wildman–Crippen LogP) is 3.72. The van der Waals surface area contributed by atoms with Gasteiger partial charge in [-0.15, -0.1) is 0 Å². The van der Waals surface area contributed by atoms with Gasteiger partial charge in [0, 0.05) is 12.8 Å². The Hall–Kier alpha value is -0.210. The van der Waals surface area contributed by atoms with E-state index in [2.05, 4.69) is 24.5 Å². The summed E-state index contributed by atoms with van der Waals surface area (Å²) in [7, 11) is -4.94. The zero-order valence-electron chi connectivity index (χ0n) is 26.0. The normalized spacial score (nSPS) is 11.4. The molecule has 0 bridgehead atoms. The van der Waals surface area contributed by atoms with Crippen LogP contribution in [0.4, 0.5) is 0 Å². The third kappa shape index (κ3) is 30.4. The van der Waals surface area contributed by atoms with Crippen molar-refractivity contribution in [1.82, 2.24) is 10.6 Å². The average molecular weight is 669 g/mol. The van der Waals surface area contributed by atoms with Gasteiger partial charge in [-0.25, -0.2) is 0 Å². The molecule has 3 N–H and O–H groups in total. The summed E-state index contributed by atoms with van der Waals surface area (Å²) in [6.45, 7) is 3.85. The Kier molecular flexibility index (Phi) is 35.8. The van der Waals surface area contributed by atoms with Crippen molar-refractivity contribution < 1.29 is 41.6 Å². The molecule has 0 fully saturated rings. The molecule has 0 aliphatic carbocycles. The van der Waals surface area contributed by atoms with Crippen LogP contribution in [0.2, 0.25) is 0 Å². The van der Waals surface area contributed by atoms with Crippen molar-refractivity contribution in [1.29, 1.82) is 0 Å². The molecule has 0 radical (unpaired) electrons. The molecular weight excluding hydrogens is 610 g/mol. The molecular formula is C30H58N2Na2O9S. The van der Waals surface area contributed by atoms with E-state index in [0.29, 0.717) is 12.8 Å². The molecule has 0 heterocycles. The number of carbonyl (C=O) groups excluding carboxylic acids is 4. The molecule has 0 aromatic rings. The van der Waals surface area contributed by atoms with Gasteiger partial charge in [0.1, 0.15) is 13.2 Å². The molecule has 44 heavy (non-hydrogen) atoms. The maximum absolute atomic E-state index is 12.2. The Morgan fingerprint density at radius 1 is 0.614 bits per heavy atom. The van der Waals surface area contributed by atoms with E-state index in [9.17, 15) is 32.1 Å². The van der Waals surface area contributed by atoms with E-state index >= 15 is 0 Å². The Morgan fingerprint density at radius 3 is 1.36 bits per heavy atom. The van der Waals surface area contributed by atoms with E-state index in [-0.39, 0.29) is 97.2 Å². The topological polar surface area (TPSA) is 165 Å². The van der Waals surface area contributed by atoms with Crippen molar-refractivity contribution in [3.05, 3.63) is 0 Å². The quantitative estimate of drug-likeness (QED) is 0.0488. The van der Waals surface area contributed by atoms with Crippen molar-refractivity contribution in [2.45, 2.75) is 141 Å². The Morgan fingerprint density at radius 2 is 0.977 bits per heavy atom. The summed E-state index contributed by atoms with van der Waals surface area (Å²) in [6.07, 6.45) is 17.6. The second-order valence-electron chi connectivity index (χ2n) is 10.7. The number of unbranched alkanes of at least 4 members (excludes halogenated alkanes) is 14. The van der Waals surface area contributed by atoms with E-state index < -0.39 is 33.7 Å². The molecule has 0 saturated carbocycles. The number of amides is 2. The monoisotopic (exact) mass is 668 g/mol. The molecule has 1 unspecified atom stereocenters. The van der Waals surface area contributed by atoms with Crippen molar-refractivity contribution in [3.8, 4) is 0 Å². The molecule has 0 rings (SSSR count). The summed E-state index contributed by atoms with van der Waals surface area (Å²) in [5.74, 6) is -2.71. The van der Waals surface area contributed by atoms with Crippen molar-refractivity contribution in [3.63, 3.8) is 0 Å². The Balaban J connectivity index is -0.00000840. The van der Waals surface area contributed by atoms with Crippen LogP contribution in [-0.4, -0.2) is 127 Å². The predicted molar refractivity (Wildman–Crippen MR) is 177 cm³/mol. The van der Waals surface area contributed by atoms with Crippen molar-refractivity contribution >= 4 is 93.0 Å². The summed E-state index contributed by atoms with van der Waals surface area (Å²) in [5, 5.41) is 3.07. The molecule has 14 heteroatoms. The van der Waals surface area contributed by atoms with Gasteiger partial charge in [-0.3, -0.25) is 23.7 Å². The average Bonchev–Trinajstić information content (AvgIpc) is 2.94. The van der Waals surface area contributed by atoms with Gasteiger partial charge in [0.25, 0.3) is 10.1 Å². The van der Waals surface area contributed by atoms with Crippen LogP contribution in [0.5, 0.6) is 0 Å². The van der Waals surface area contributed by atoms with Crippen LogP contribution in [0, 0.1) is 0 Å². The number of hydrogen-bond donors (Lipinski definition) is 3. The van der Waals surface area contributed by atoms with E-state index in [1.165, 1.54) is 57.8 Å². The number of esters is 2. The minimum atomic E-state index is -4.94. The zero-order valence-corrected chi connectivity index (χ0v) is 26.8. The van der Waals surface area contributed by atoms with Gasteiger partial charge in [-0.05, 0) is 12.8 Å². The van der Waals surface area contributed by atoms with Gasteiger partial charge in [0.2, 0.25) is 11.8 Å². The fourth-order valence-corrected chi connectivity index (χ4v) is 4.98. The van der Waals surface area contributed by atoms with E-state index in [1.807, 2.05) is 0 Å².